The number of carbonyl (C=O) groups is 3. The number of anilines is 1. The molecule has 0 aliphatic heterocycles. The lowest BCUT2D eigenvalue weighted by Crippen LogP contribution is -2.25. The van der Waals surface area contributed by atoms with Crippen molar-refractivity contribution in [2.45, 2.75) is 57.8 Å². The molecule has 0 unspecified atom stereocenters. The maximum atomic E-state index is 12.2. The number of hydrogen-bond acceptors (Lipinski definition) is 6. The number of esters is 1. The number of unbranched alkanes of at least 4 members (excludes halogenated alkanes) is 2. The molecule has 9 heteroatoms. The molecule has 1 aliphatic rings. The third kappa shape index (κ3) is 6.67. The molecule has 1 aliphatic carbocycles. The van der Waals surface area contributed by atoms with Crippen LogP contribution in [0.1, 0.15) is 68.3 Å². The molecule has 27 heavy (non-hydrogen) atoms. The number of rotatable bonds is 9. The molecule has 0 atom stereocenters. The number of carbonyl (C=O) groups excluding carboxylic acids is 3. The van der Waals surface area contributed by atoms with Gasteiger partial charge in [0.2, 0.25) is 5.91 Å². The molecule has 5 N–H and O–H groups in total. The third-order valence-electron chi connectivity index (χ3n) is 4.68. The number of amides is 2. The third-order valence-corrected chi connectivity index (χ3v) is 4.68. The van der Waals surface area contributed by atoms with Crippen LogP contribution in [0.5, 0.6) is 0 Å². The first-order valence-corrected chi connectivity index (χ1v) is 9.58. The van der Waals surface area contributed by atoms with Crippen LogP contribution in [-0.2, 0) is 9.53 Å². The van der Waals surface area contributed by atoms with Gasteiger partial charge in [-0.2, -0.15) is 9.78 Å². The minimum Gasteiger partial charge on any atom is -0.461 e. The minimum atomic E-state index is -0.889. The van der Waals surface area contributed by atoms with Crippen molar-refractivity contribution in [3.8, 4) is 0 Å². The Kier molecular flexibility index (Phi) is 8.25. The van der Waals surface area contributed by atoms with Crippen LogP contribution >= 0.6 is 0 Å². The Hall–Kier alpha value is -2.42. The molecule has 1 aromatic rings. The van der Waals surface area contributed by atoms with E-state index < -0.39 is 12.0 Å². The molecule has 1 saturated carbocycles. The van der Waals surface area contributed by atoms with Crippen LogP contribution in [0, 0.1) is 5.92 Å². The Morgan fingerprint density at radius 1 is 1.19 bits per heavy atom. The Balaban J connectivity index is 1.93. The van der Waals surface area contributed by atoms with E-state index >= 15 is 0 Å². The summed E-state index contributed by atoms with van der Waals surface area (Å²) in [6.45, 7) is 0.924. The fourth-order valence-electron chi connectivity index (χ4n) is 3.17. The smallest absolute Gasteiger partial charge is 0.358 e. The lowest BCUT2D eigenvalue weighted by Gasteiger charge is -2.20. The van der Waals surface area contributed by atoms with E-state index in [1.54, 1.807) is 0 Å². The summed E-state index contributed by atoms with van der Waals surface area (Å²) in [7, 11) is 0. The summed E-state index contributed by atoms with van der Waals surface area (Å²) in [6.07, 6.45) is 8.29. The van der Waals surface area contributed by atoms with Crippen LogP contribution in [0.2, 0.25) is 0 Å². The van der Waals surface area contributed by atoms with Crippen molar-refractivity contribution in [1.82, 2.24) is 9.78 Å². The number of primary amides is 1. The topological polar surface area (TPSA) is 142 Å². The molecule has 0 aromatic carbocycles. The summed E-state index contributed by atoms with van der Waals surface area (Å²) in [5, 5.41) is 6.44. The van der Waals surface area contributed by atoms with Crippen molar-refractivity contribution in [2.75, 3.05) is 18.5 Å². The molecular weight excluding hydrogens is 350 g/mol. The van der Waals surface area contributed by atoms with E-state index in [0.29, 0.717) is 25.5 Å². The fourth-order valence-corrected chi connectivity index (χ4v) is 3.17. The first-order chi connectivity index (χ1) is 13.0. The molecule has 2 amide bonds. The average Bonchev–Trinajstić information content (AvgIpc) is 3.08. The maximum Gasteiger partial charge on any atom is 0.358 e. The van der Waals surface area contributed by atoms with Gasteiger partial charge in [-0.15, -0.1) is 0 Å². The summed E-state index contributed by atoms with van der Waals surface area (Å²) in [5.41, 5.74) is 10.6. The molecule has 1 heterocycles. The molecule has 0 bridgehead atoms. The van der Waals surface area contributed by atoms with Crippen LogP contribution < -0.4 is 16.8 Å². The van der Waals surface area contributed by atoms with Gasteiger partial charge in [0.1, 0.15) is 5.82 Å². The predicted molar refractivity (Wildman–Crippen MR) is 100 cm³/mol. The molecule has 1 fully saturated rings. The maximum absolute atomic E-state index is 12.2. The Morgan fingerprint density at radius 3 is 2.59 bits per heavy atom. The lowest BCUT2D eigenvalue weighted by molar-refractivity contribution is -0.116. The number of nitrogens with one attached hydrogen (secondary N) is 1. The molecule has 150 valence electrons. The van der Waals surface area contributed by atoms with Crippen LogP contribution in [0.3, 0.4) is 0 Å². The minimum absolute atomic E-state index is 0.0527. The van der Waals surface area contributed by atoms with Crippen LogP contribution in [0.25, 0.3) is 0 Å². The first kappa shape index (κ1) is 20.9. The van der Waals surface area contributed by atoms with Crippen molar-refractivity contribution in [3.63, 3.8) is 0 Å². The highest BCUT2D eigenvalue weighted by molar-refractivity contribution is 5.95. The van der Waals surface area contributed by atoms with E-state index in [1.165, 1.54) is 12.5 Å². The number of aromatic nitrogens is 2. The second-order valence-corrected chi connectivity index (χ2v) is 6.91. The summed E-state index contributed by atoms with van der Waals surface area (Å²) < 4.78 is 6.12. The van der Waals surface area contributed by atoms with E-state index in [0.717, 1.165) is 43.2 Å². The van der Waals surface area contributed by atoms with Gasteiger partial charge in [0.05, 0.1) is 6.61 Å². The van der Waals surface area contributed by atoms with Crippen molar-refractivity contribution in [1.29, 1.82) is 0 Å². The summed E-state index contributed by atoms with van der Waals surface area (Å²) >= 11 is 0. The molecule has 1 aromatic heterocycles. The van der Waals surface area contributed by atoms with Crippen LogP contribution in [0.4, 0.5) is 10.6 Å². The van der Waals surface area contributed by atoms with Crippen molar-refractivity contribution in [3.05, 3.63) is 11.8 Å². The number of ether oxygens (including phenoxy) is 1. The van der Waals surface area contributed by atoms with Gasteiger partial charge in [-0.05, 0) is 38.1 Å². The molecule has 0 spiro atoms. The van der Waals surface area contributed by atoms with E-state index in [-0.39, 0.29) is 23.8 Å². The van der Waals surface area contributed by atoms with E-state index in [4.69, 9.17) is 16.2 Å². The van der Waals surface area contributed by atoms with Gasteiger partial charge in [-0.1, -0.05) is 25.7 Å². The number of hydrogen-bond donors (Lipinski definition) is 3. The Labute approximate surface area is 158 Å². The van der Waals surface area contributed by atoms with Crippen LogP contribution in [-0.4, -0.2) is 40.8 Å². The molecule has 0 saturated heterocycles. The summed E-state index contributed by atoms with van der Waals surface area (Å²) in [6, 6.07) is 0.422. The van der Waals surface area contributed by atoms with Crippen molar-refractivity contribution in [2.24, 2.45) is 17.4 Å². The van der Waals surface area contributed by atoms with Gasteiger partial charge >= 0.3 is 12.0 Å². The normalized spacial score (nSPS) is 14.7. The molecular formula is C18H29N5O4. The van der Waals surface area contributed by atoms with Gasteiger partial charge < -0.3 is 21.5 Å². The Morgan fingerprint density at radius 2 is 1.93 bits per heavy atom. The zero-order valence-corrected chi connectivity index (χ0v) is 15.6. The van der Waals surface area contributed by atoms with E-state index in [9.17, 15) is 14.4 Å². The zero-order chi connectivity index (χ0) is 19.6. The summed E-state index contributed by atoms with van der Waals surface area (Å²) in [5.74, 6) is -0.472. The number of nitrogens with zero attached hydrogens (tertiary/aromatic N) is 2. The second kappa shape index (κ2) is 10.7. The average molecular weight is 379 g/mol. The fraction of sp³-hybridized carbons (Fsp3) is 0.667. The quantitative estimate of drug-likeness (QED) is 0.442. The van der Waals surface area contributed by atoms with Gasteiger partial charge in [-0.3, -0.25) is 4.79 Å². The number of nitrogens with two attached hydrogens (primary N) is 2. The second-order valence-electron chi connectivity index (χ2n) is 6.91. The Bertz CT molecular complexity index is 652. The van der Waals surface area contributed by atoms with Crippen molar-refractivity contribution < 1.29 is 19.1 Å². The predicted octanol–water partition coefficient (Wildman–Crippen LogP) is 2.00. The van der Waals surface area contributed by atoms with Crippen LogP contribution in [0.15, 0.2) is 6.07 Å². The van der Waals surface area contributed by atoms with Gasteiger partial charge in [0.15, 0.2) is 5.69 Å². The lowest BCUT2D eigenvalue weighted by atomic mass is 9.90. The SMILES string of the molecule is NCCCCCC(=O)Nc1cc(C(=O)OCC2CCCCC2)nn1C(N)=O. The standard InChI is InChI=1S/C18H29N5O4/c19-10-6-2-5-9-16(24)21-15-11-14(22-23(15)18(20)26)17(25)27-12-13-7-3-1-4-8-13/h11,13H,1-10,12,19H2,(H2,20,26)(H,21,24). The highest BCUT2D eigenvalue weighted by atomic mass is 16.5. The van der Waals surface area contributed by atoms with Gasteiger partial charge in [-0.25, -0.2) is 9.59 Å². The molecule has 9 nitrogen and oxygen atoms in total. The summed E-state index contributed by atoms with van der Waals surface area (Å²) in [4.78, 5) is 35.8. The highest BCUT2D eigenvalue weighted by Gasteiger charge is 2.21. The van der Waals surface area contributed by atoms with E-state index in [2.05, 4.69) is 10.4 Å². The zero-order valence-electron chi connectivity index (χ0n) is 15.6. The van der Waals surface area contributed by atoms with Gasteiger partial charge in [0.25, 0.3) is 0 Å². The highest BCUT2D eigenvalue weighted by Crippen LogP contribution is 2.24. The molecule has 0 radical (unpaired) electrons. The molecule has 2 rings (SSSR count). The monoisotopic (exact) mass is 379 g/mol. The van der Waals surface area contributed by atoms with Gasteiger partial charge in [0, 0.05) is 12.5 Å². The largest absolute Gasteiger partial charge is 0.461 e. The van der Waals surface area contributed by atoms with E-state index in [1.807, 2.05) is 0 Å². The first-order valence-electron chi connectivity index (χ1n) is 9.58. The van der Waals surface area contributed by atoms with Crippen molar-refractivity contribution >= 4 is 23.7 Å².